The Morgan fingerprint density at radius 1 is 1.46 bits per heavy atom. The normalized spacial score (nSPS) is 20.6. The Morgan fingerprint density at radius 2 is 2.29 bits per heavy atom. The standard InChI is InChI=1S/C17H21N3O3S/c1-13(19-17(21)9-14-5-8-24(22,23)11-14)15-3-2-4-16(10-15)20-7-6-18-12-20/h2-4,6-7,10,12-14H,5,8-9,11H2,1H3,(H,19,21)/t13-,14-/m1/s1. The fourth-order valence-electron chi connectivity index (χ4n) is 3.05. The fraction of sp³-hybridized carbons (Fsp3) is 0.412. The third-order valence-electron chi connectivity index (χ3n) is 4.35. The maximum atomic E-state index is 12.2. The maximum Gasteiger partial charge on any atom is 0.220 e. The summed E-state index contributed by atoms with van der Waals surface area (Å²) in [6.07, 6.45) is 6.16. The van der Waals surface area contributed by atoms with E-state index in [2.05, 4.69) is 10.3 Å². The van der Waals surface area contributed by atoms with E-state index in [0.29, 0.717) is 6.42 Å². The van der Waals surface area contributed by atoms with Crippen LogP contribution in [-0.2, 0) is 14.6 Å². The van der Waals surface area contributed by atoms with Gasteiger partial charge in [-0.25, -0.2) is 13.4 Å². The molecular formula is C17H21N3O3S. The molecule has 3 rings (SSSR count). The minimum Gasteiger partial charge on any atom is -0.350 e. The molecule has 0 radical (unpaired) electrons. The van der Waals surface area contributed by atoms with E-state index in [9.17, 15) is 13.2 Å². The van der Waals surface area contributed by atoms with Gasteiger partial charge in [-0.1, -0.05) is 12.1 Å². The van der Waals surface area contributed by atoms with Crippen molar-refractivity contribution >= 4 is 15.7 Å². The van der Waals surface area contributed by atoms with Crippen molar-refractivity contribution < 1.29 is 13.2 Å². The molecule has 2 heterocycles. The van der Waals surface area contributed by atoms with E-state index < -0.39 is 9.84 Å². The molecule has 2 aromatic rings. The van der Waals surface area contributed by atoms with Crippen molar-refractivity contribution in [3.63, 3.8) is 0 Å². The van der Waals surface area contributed by atoms with Crippen molar-refractivity contribution in [2.24, 2.45) is 5.92 Å². The van der Waals surface area contributed by atoms with Gasteiger partial charge in [0, 0.05) is 24.5 Å². The van der Waals surface area contributed by atoms with Crippen molar-refractivity contribution in [2.45, 2.75) is 25.8 Å². The largest absolute Gasteiger partial charge is 0.350 e. The molecule has 128 valence electrons. The van der Waals surface area contributed by atoms with Gasteiger partial charge in [0.1, 0.15) is 0 Å². The number of amides is 1. The summed E-state index contributed by atoms with van der Waals surface area (Å²) in [5.41, 5.74) is 1.97. The Morgan fingerprint density at radius 3 is 2.96 bits per heavy atom. The van der Waals surface area contributed by atoms with Gasteiger partial charge >= 0.3 is 0 Å². The molecule has 0 aliphatic carbocycles. The Labute approximate surface area is 141 Å². The number of aromatic nitrogens is 2. The summed E-state index contributed by atoms with van der Waals surface area (Å²) in [6.45, 7) is 1.93. The summed E-state index contributed by atoms with van der Waals surface area (Å²) < 4.78 is 24.9. The smallest absolute Gasteiger partial charge is 0.220 e. The second-order valence-corrected chi connectivity index (χ2v) is 8.56. The number of imidazole rings is 1. The van der Waals surface area contributed by atoms with Crippen molar-refractivity contribution in [2.75, 3.05) is 11.5 Å². The quantitative estimate of drug-likeness (QED) is 0.895. The zero-order chi connectivity index (χ0) is 17.2. The van der Waals surface area contributed by atoms with Gasteiger partial charge in [0.2, 0.25) is 5.91 Å². The maximum absolute atomic E-state index is 12.2. The first kappa shape index (κ1) is 16.7. The average Bonchev–Trinajstić information content (AvgIpc) is 3.17. The molecule has 0 unspecified atom stereocenters. The van der Waals surface area contributed by atoms with Crippen LogP contribution in [0, 0.1) is 5.92 Å². The Kier molecular flexibility index (Phi) is 4.71. The molecular weight excluding hydrogens is 326 g/mol. The highest BCUT2D eigenvalue weighted by atomic mass is 32.2. The predicted octanol–water partition coefficient (Wildman–Crippen LogP) is 1.87. The second-order valence-electron chi connectivity index (χ2n) is 6.33. The molecule has 1 amide bonds. The fourth-order valence-corrected chi connectivity index (χ4v) is 4.91. The van der Waals surface area contributed by atoms with Crippen LogP contribution in [0.15, 0.2) is 43.0 Å². The van der Waals surface area contributed by atoms with Crippen LogP contribution in [0.4, 0.5) is 0 Å². The number of sulfone groups is 1. The molecule has 7 heteroatoms. The van der Waals surface area contributed by atoms with Crippen LogP contribution >= 0.6 is 0 Å². The van der Waals surface area contributed by atoms with E-state index in [-0.39, 0.29) is 35.8 Å². The van der Waals surface area contributed by atoms with Crippen LogP contribution in [0.25, 0.3) is 5.69 Å². The molecule has 0 spiro atoms. The molecule has 1 fully saturated rings. The van der Waals surface area contributed by atoms with Crippen LogP contribution in [0.3, 0.4) is 0 Å². The SMILES string of the molecule is C[C@@H](NC(=O)C[C@H]1CCS(=O)(=O)C1)c1cccc(-n2ccnc2)c1. The molecule has 1 aliphatic heterocycles. The highest BCUT2D eigenvalue weighted by molar-refractivity contribution is 7.91. The van der Waals surface area contributed by atoms with E-state index in [1.165, 1.54) is 0 Å². The number of hydrogen-bond acceptors (Lipinski definition) is 4. The van der Waals surface area contributed by atoms with Crippen molar-refractivity contribution in [3.05, 3.63) is 48.5 Å². The second kappa shape index (κ2) is 6.76. The zero-order valence-corrected chi connectivity index (χ0v) is 14.4. The monoisotopic (exact) mass is 347 g/mol. The lowest BCUT2D eigenvalue weighted by atomic mass is 10.0. The molecule has 1 saturated heterocycles. The zero-order valence-electron chi connectivity index (χ0n) is 13.6. The number of carbonyl (C=O) groups excluding carboxylic acids is 1. The third kappa shape index (κ3) is 4.03. The van der Waals surface area contributed by atoms with Gasteiger partial charge in [0.25, 0.3) is 0 Å². The molecule has 1 aromatic carbocycles. The van der Waals surface area contributed by atoms with E-state index in [4.69, 9.17) is 0 Å². The Bertz CT molecular complexity index is 815. The van der Waals surface area contributed by atoms with Crippen LogP contribution < -0.4 is 5.32 Å². The van der Waals surface area contributed by atoms with Gasteiger partial charge in [-0.05, 0) is 37.0 Å². The summed E-state index contributed by atoms with van der Waals surface area (Å²) in [4.78, 5) is 16.2. The highest BCUT2D eigenvalue weighted by Crippen LogP contribution is 2.22. The van der Waals surface area contributed by atoms with Crippen LogP contribution in [0.2, 0.25) is 0 Å². The van der Waals surface area contributed by atoms with Crippen LogP contribution in [0.1, 0.15) is 31.4 Å². The topological polar surface area (TPSA) is 81.1 Å². The lowest BCUT2D eigenvalue weighted by Gasteiger charge is -2.17. The summed E-state index contributed by atoms with van der Waals surface area (Å²) in [7, 11) is -2.94. The van der Waals surface area contributed by atoms with Gasteiger partial charge in [-0.3, -0.25) is 4.79 Å². The number of hydrogen-bond donors (Lipinski definition) is 1. The average molecular weight is 347 g/mol. The number of rotatable bonds is 5. The molecule has 1 aliphatic rings. The summed E-state index contributed by atoms with van der Waals surface area (Å²) in [5.74, 6) is 0.176. The van der Waals surface area contributed by atoms with Crippen molar-refractivity contribution in [1.29, 1.82) is 0 Å². The minimum absolute atomic E-state index is 0.0560. The third-order valence-corrected chi connectivity index (χ3v) is 6.19. The first-order valence-corrected chi connectivity index (χ1v) is 9.83. The van der Waals surface area contributed by atoms with Gasteiger partial charge in [-0.15, -0.1) is 0 Å². The molecule has 2 atom stereocenters. The predicted molar refractivity (Wildman–Crippen MR) is 91.5 cm³/mol. The Balaban J connectivity index is 1.61. The van der Waals surface area contributed by atoms with E-state index in [1.807, 2.05) is 42.0 Å². The van der Waals surface area contributed by atoms with Crippen molar-refractivity contribution in [3.8, 4) is 5.69 Å². The molecule has 1 aromatic heterocycles. The molecule has 24 heavy (non-hydrogen) atoms. The lowest BCUT2D eigenvalue weighted by molar-refractivity contribution is -0.122. The minimum atomic E-state index is -2.94. The molecule has 6 nitrogen and oxygen atoms in total. The molecule has 1 N–H and O–H groups in total. The van der Waals surface area contributed by atoms with Crippen molar-refractivity contribution in [1.82, 2.24) is 14.9 Å². The van der Waals surface area contributed by atoms with Gasteiger partial charge < -0.3 is 9.88 Å². The highest BCUT2D eigenvalue weighted by Gasteiger charge is 2.29. The number of benzene rings is 1. The lowest BCUT2D eigenvalue weighted by Crippen LogP contribution is -2.28. The van der Waals surface area contributed by atoms with Gasteiger partial charge in [0.05, 0.1) is 23.9 Å². The summed E-state index contributed by atoms with van der Waals surface area (Å²) in [5, 5.41) is 2.96. The Hall–Kier alpha value is -2.15. The number of nitrogens with zero attached hydrogens (tertiary/aromatic N) is 2. The first-order chi connectivity index (χ1) is 11.4. The van der Waals surface area contributed by atoms with Crippen LogP contribution in [0.5, 0.6) is 0 Å². The van der Waals surface area contributed by atoms with E-state index >= 15 is 0 Å². The number of carbonyl (C=O) groups is 1. The van der Waals surface area contributed by atoms with E-state index in [0.717, 1.165) is 11.3 Å². The molecule has 0 bridgehead atoms. The van der Waals surface area contributed by atoms with Gasteiger partial charge in [-0.2, -0.15) is 0 Å². The van der Waals surface area contributed by atoms with Gasteiger partial charge in [0.15, 0.2) is 9.84 Å². The number of nitrogens with one attached hydrogen (secondary N) is 1. The summed E-state index contributed by atoms with van der Waals surface area (Å²) in [6, 6.07) is 7.75. The van der Waals surface area contributed by atoms with Crippen LogP contribution in [-0.4, -0.2) is 35.4 Å². The van der Waals surface area contributed by atoms with E-state index in [1.54, 1.807) is 12.5 Å². The summed E-state index contributed by atoms with van der Waals surface area (Å²) >= 11 is 0. The first-order valence-electron chi connectivity index (χ1n) is 8.01. The molecule has 0 saturated carbocycles.